The Kier molecular flexibility index (Phi) is 6.49. The summed E-state index contributed by atoms with van der Waals surface area (Å²) in [5, 5.41) is 0.794. The molecule has 0 fully saturated rings. The van der Waals surface area contributed by atoms with Gasteiger partial charge in [0.05, 0.1) is 29.7 Å². The summed E-state index contributed by atoms with van der Waals surface area (Å²) in [7, 11) is 0. The SMILES string of the molecule is CC(C)OCCN1C(=O)C(SC(C)C)=C(c2ccc(Cl)cc2)C1=O. The number of ether oxygens (including phenoxy) is 1. The van der Waals surface area contributed by atoms with Crippen molar-refractivity contribution in [2.45, 2.75) is 39.0 Å². The smallest absolute Gasteiger partial charge is 0.268 e. The molecule has 2 amide bonds. The lowest BCUT2D eigenvalue weighted by Crippen LogP contribution is -2.35. The molecule has 0 aliphatic carbocycles. The minimum absolute atomic E-state index is 0.0611. The fourth-order valence-corrected chi connectivity index (χ4v) is 3.48. The van der Waals surface area contributed by atoms with E-state index in [0.29, 0.717) is 27.7 Å². The molecule has 1 heterocycles. The summed E-state index contributed by atoms with van der Waals surface area (Å²) in [5.74, 6) is -0.506. The zero-order valence-electron chi connectivity index (χ0n) is 14.3. The second-order valence-electron chi connectivity index (χ2n) is 6.06. The topological polar surface area (TPSA) is 46.6 Å². The number of thioether (sulfide) groups is 1. The molecular weight excluding hydrogens is 346 g/mol. The molecule has 1 aromatic rings. The van der Waals surface area contributed by atoms with Crippen molar-refractivity contribution in [2.75, 3.05) is 13.2 Å². The van der Waals surface area contributed by atoms with Gasteiger partial charge in [-0.3, -0.25) is 14.5 Å². The molecule has 130 valence electrons. The van der Waals surface area contributed by atoms with Gasteiger partial charge in [-0.15, -0.1) is 11.8 Å². The van der Waals surface area contributed by atoms with Gasteiger partial charge in [-0.2, -0.15) is 0 Å². The van der Waals surface area contributed by atoms with Gasteiger partial charge in [0.25, 0.3) is 11.8 Å². The molecule has 6 heteroatoms. The van der Waals surface area contributed by atoms with Crippen molar-refractivity contribution in [1.29, 1.82) is 0 Å². The first-order chi connectivity index (χ1) is 11.3. The van der Waals surface area contributed by atoms with Gasteiger partial charge in [0.15, 0.2) is 0 Å². The highest BCUT2D eigenvalue weighted by Gasteiger charge is 2.39. The van der Waals surface area contributed by atoms with Gasteiger partial charge in [0.2, 0.25) is 0 Å². The first kappa shape index (κ1) is 19.0. The maximum absolute atomic E-state index is 12.8. The summed E-state index contributed by atoms with van der Waals surface area (Å²) in [6.45, 7) is 8.44. The van der Waals surface area contributed by atoms with Crippen LogP contribution in [0, 0.1) is 0 Å². The van der Waals surface area contributed by atoms with Crippen LogP contribution in [0.1, 0.15) is 33.3 Å². The number of carbonyl (C=O) groups is 2. The van der Waals surface area contributed by atoms with Crippen molar-refractivity contribution in [3.8, 4) is 0 Å². The van der Waals surface area contributed by atoms with Crippen LogP contribution < -0.4 is 0 Å². The van der Waals surface area contributed by atoms with Crippen LogP contribution in [0.3, 0.4) is 0 Å². The fraction of sp³-hybridized carbons (Fsp3) is 0.444. The summed E-state index contributed by atoms with van der Waals surface area (Å²) < 4.78 is 5.48. The maximum Gasteiger partial charge on any atom is 0.268 e. The molecule has 0 saturated heterocycles. The van der Waals surface area contributed by atoms with Crippen LogP contribution in [0.2, 0.25) is 5.02 Å². The van der Waals surface area contributed by atoms with Crippen molar-refractivity contribution < 1.29 is 14.3 Å². The Labute approximate surface area is 152 Å². The van der Waals surface area contributed by atoms with E-state index in [4.69, 9.17) is 16.3 Å². The molecule has 0 bridgehead atoms. The number of carbonyl (C=O) groups excluding carboxylic acids is 2. The molecule has 24 heavy (non-hydrogen) atoms. The number of amides is 2. The molecule has 4 nitrogen and oxygen atoms in total. The molecule has 1 aliphatic heterocycles. The summed E-state index contributed by atoms with van der Waals surface area (Å²) in [6, 6.07) is 7.00. The molecule has 0 aromatic heterocycles. The predicted octanol–water partition coefficient (Wildman–Crippen LogP) is 3.99. The molecule has 1 aliphatic rings. The quantitative estimate of drug-likeness (QED) is 0.684. The number of nitrogens with zero attached hydrogens (tertiary/aromatic N) is 1. The van der Waals surface area contributed by atoms with Crippen LogP contribution in [0.25, 0.3) is 5.57 Å². The van der Waals surface area contributed by atoms with Crippen LogP contribution in [-0.4, -0.2) is 41.2 Å². The number of imide groups is 1. The van der Waals surface area contributed by atoms with E-state index < -0.39 is 0 Å². The highest BCUT2D eigenvalue weighted by Crippen LogP contribution is 2.38. The van der Waals surface area contributed by atoms with E-state index in [1.807, 2.05) is 27.7 Å². The standard InChI is InChI=1S/C18H22ClNO3S/c1-11(2)23-10-9-20-17(21)15(13-5-7-14(19)8-6-13)16(18(20)22)24-12(3)4/h5-8,11-12H,9-10H2,1-4H3. The minimum Gasteiger partial charge on any atom is -0.377 e. The van der Waals surface area contributed by atoms with Crippen LogP contribution in [0.15, 0.2) is 29.2 Å². The van der Waals surface area contributed by atoms with Crippen molar-refractivity contribution in [2.24, 2.45) is 0 Å². The Morgan fingerprint density at radius 2 is 1.71 bits per heavy atom. The third-order valence-electron chi connectivity index (χ3n) is 3.38. The highest BCUT2D eigenvalue weighted by molar-refractivity contribution is 8.04. The van der Waals surface area contributed by atoms with Gasteiger partial charge in [-0.25, -0.2) is 0 Å². The van der Waals surface area contributed by atoms with Gasteiger partial charge in [-0.1, -0.05) is 37.6 Å². The third-order valence-corrected chi connectivity index (χ3v) is 4.72. The Morgan fingerprint density at radius 3 is 2.25 bits per heavy atom. The second-order valence-corrected chi connectivity index (χ2v) is 8.08. The molecule has 0 radical (unpaired) electrons. The number of hydrogen-bond donors (Lipinski definition) is 0. The Balaban J connectivity index is 2.31. The van der Waals surface area contributed by atoms with Gasteiger partial charge in [0, 0.05) is 10.3 Å². The molecule has 0 N–H and O–H groups in total. The van der Waals surface area contributed by atoms with Crippen molar-refractivity contribution in [3.05, 3.63) is 39.8 Å². The lowest BCUT2D eigenvalue weighted by Gasteiger charge is -2.16. The monoisotopic (exact) mass is 367 g/mol. The Morgan fingerprint density at radius 1 is 1.08 bits per heavy atom. The minimum atomic E-state index is -0.266. The van der Waals surface area contributed by atoms with Crippen LogP contribution >= 0.6 is 23.4 Å². The van der Waals surface area contributed by atoms with Crippen molar-refractivity contribution >= 4 is 40.8 Å². The van der Waals surface area contributed by atoms with Crippen molar-refractivity contribution in [3.63, 3.8) is 0 Å². The van der Waals surface area contributed by atoms with Gasteiger partial charge >= 0.3 is 0 Å². The molecule has 0 atom stereocenters. The maximum atomic E-state index is 12.8. The van der Waals surface area contributed by atoms with E-state index >= 15 is 0 Å². The molecular formula is C18H22ClNO3S. The largest absolute Gasteiger partial charge is 0.377 e. The number of hydrogen-bond acceptors (Lipinski definition) is 4. The van der Waals surface area contributed by atoms with Gasteiger partial charge in [0.1, 0.15) is 0 Å². The summed E-state index contributed by atoms with van der Waals surface area (Å²) in [6.07, 6.45) is 0.0611. The zero-order chi connectivity index (χ0) is 17.9. The van der Waals surface area contributed by atoms with E-state index in [0.717, 1.165) is 0 Å². The Bertz CT molecular complexity index is 653. The number of rotatable bonds is 7. The van der Waals surface area contributed by atoms with E-state index in [1.54, 1.807) is 24.3 Å². The van der Waals surface area contributed by atoms with Gasteiger partial charge in [-0.05, 0) is 31.5 Å². The lowest BCUT2D eigenvalue weighted by molar-refractivity contribution is -0.137. The highest BCUT2D eigenvalue weighted by atomic mass is 35.5. The van der Waals surface area contributed by atoms with Gasteiger partial charge < -0.3 is 4.74 Å². The van der Waals surface area contributed by atoms with E-state index in [1.165, 1.54) is 16.7 Å². The first-order valence-electron chi connectivity index (χ1n) is 7.96. The van der Waals surface area contributed by atoms with Crippen molar-refractivity contribution in [1.82, 2.24) is 4.90 Å². The van der Waals surface area contributed by atoms with Crippen LogP contribution in [0.4, 0.5) is 0 Å². The van der Waals surface area contributed by atoms with Crippen LogP contribution in [-0.2, 0) is 14.3 Å². The summed E-state index contributed by atoms with van der Waals surface area (Å²) >= 11 is 7.35. The summed E-state index contributed by atoms with van der Waals surface area (Å²) in [4.78, 5) is 27.3. The molecule has 1 aromatic carbocycles. The first-order valence-corrected chi connectivity index (χ1v) is 9.21. The zero-order valence-corrected chi connectivity index (χ0v) is 15.9. The number of halogens is 1. The van der Waals surface area contributed by atoms with E-state index in [9.17, 15) is 9.59 Å². The average molecular weight is 368 g/mol. The third kappa shape index (κ3) is 4.41. The van der Waals surface area contributed by atoms with Crippen LogP contribution in [0.5, 0.6) is 0 Å². The second kappa shape index (κ2) is 8.19. The lowest BCUT2D eigenvalue weighted by atomic mass is 10.1. The summed E-state index contributed by atoms with van der Waals surface area (Å²) in [5.41, 5.74) is 1.17. The molecule has 0 saturated carbocycles. The molecule has 2 rings (SSSR count). The van der Waals surface area contributed by atoms with E-state index in [-0.39, 0.29) is 29.7 Å². The molecule has 0 spiro atoms. The van der Waals surface area contributed by atoms with E-state index in [2.05, 4.69) is 0 Å². The predicted molar refractivity (Wildman–Crippen MR) is 98.9 cm³/mol. The average Bonchev–Trinajstić information content (AvgIpc) is 2.72. The fourth-order valence-electron chi connectivity index (χ4n) is 2.35. The molecule has 0 unspecified atom stereocenters. The normalized spacial score (nSPS) is 15.4. The number of benzene rings is 1. The Hall–Kier alpha value is -1.30.